The molecule has 0 bridgehead atoms. The van der Waals surface area contributed by atoms with Gasteiger partial charge in [0.1, 0.15) is 5.82 Å². The summed E-state index contributed by atoms with van der Waals surface area (Å²) in [5.74, 6) is -1.08. The third-order valence-electron chi connectivity index (χ3n) is 3.00. The van der Waals surface area contributed by atoms with E-state index in [1.807, 2.05) is 30.3 Å². The Bertz CT molecular complexity index is 572. The molecule has 3 nitrogen and oxygen atoms in total. The maximum Gasteiger partial charge on any atom is 0.254 e. The maximum atomic E-state index is 13.5. The number of aliphatic hydroxyl groups is 1. The molecule has 0 saturated carbocycles. The topological polar surface area (TPSA) is 49.3 Å². The lowest BCUT2D eigenvalue weighted by molar-refractivity contribution is 0.0912. The van der Waals surface area contributed by atoms with Gasteiger partial charge in [0, 0.05) is 0 Å². The average molecular weight is 273 g/mol. The zero-order valence-electron chi connectivity index (χ0n) is 10.9. The van der Waals surface area contributed by atoms with E-state index in [0.717, 1.165) is 5.56 Å². The van der Waals surface area contributed by atoms with Crippen LogP contribution in [0.25, 0.3) is 0 Å². The summed E-state index contributed by atoms with van der Waals surface area (Å²) in [5, 5.41) is 12.0. The van der Waals surface area contributed by atoms with Crippen LogP contribution in [-0.2, 0) is 6.42 Å². The van der Waals surface area contributed by atoms with E-state index in [0.29, 0.717) is 6.42 Å². The second-order valence-electron chi connectivity index (χ2n) is 4.52. The number of hydrogen-bond acceptors (Lipinski definition) is 2. The summed E-state index contributed by atoms with van der Waals surface area (Å²) >= 11 is 0. The Kier molecular flexibility index (Phi) is 4.85. The molecule has 2 aromatic rings. The first kappa shape index (κ1) is 14.2. The summed E-state index contributed by atoms with van der Waals surface area (Å²) in [5.41, 5.74) is 0.986. The van der Waals surface area contributed by atoms with Gasteiger partial charge in [-0.15, -0.1) is 0 Å². The summed E-state index contributed by atoms with van der Waals surface area (Å²) in [6.45, 7) is -0.199. The van der Waals surface area contributed by atoms with Gasteiger partial charge < -0.3 is 10.4 Å². The van der Waals surface area contributed by atoms with Crippen molar-refractivity contribution in [3.05, 3.63) is 71.5 Å². The standard InChI is InChI=1S/C16H16FNO2/c17-15-9-5-4-8-14(15)16(20)18-13(11-19)10-12-6-2-1-3-7-12/h1-9,13,19H,10-11H2,(H,18,20)/t13-/m1/s1. The van der Waals surface area contributed by atoms with Crippen molar-refractivity contribution in [2.24, 2.45) is 0 Å². The number of halogens is 1. The van der Waals surface area contributed by atoms with Crippen LogP contribution in [0.5, 0.6) is 0 Å². The number of aliphatic hydroxyl groups excluding tert-OH is 1. The predicted octanol–water partition coefficient (Wildman–Crippen LogP) is 2.16. The quantitative estimate of drug-likeness (QED) is 0.877. The highest BCUT2D eigenvalue weighted by atomic mass is 19.1. The van der Waals surface area contributed by atoms with Gasteiger partial charge in [0.2, 0.25) is 0 Å². The van der Waals surface area contributed by atoms with Crippen molar-refractivity contribution in [2.45, 2.75) is 12.5 Å². The first-order chi connectivity index (χ1) is 9.70. The SMILES string of the molecule is O=C(N[C@@H](CO)Cc1ccccc1)c1ccccc1F. The van der Waals surface area contributed by atoms with Crippen molar-refractivity contribution in [3.8, 4) is 0 Å². The molecule has 0 aliphatic rings. The molecule has 2 aromatic carbocycles. The molecule has 1 amide bonds. The van der Waals surface area contributed by atoms with Crippen LogP contribution >= 0.6 is 0 Å². The van der Waals surface area contributed by atoms with Gasteiger partial charge in [-0.3, -0.25) is 4.79 Å². The largest absolute Gasteiger partial charge is 0.394 e. The van der Waals surface area contributed by atoms with E-state index in [9.17, 15) is 14.3 Å². The summed E-state index contributed by atoms with van der Waals surface area (Å²) < 4.78 is 13.5. The Labute approximate surface area is 117 Å². The molecule has 0 spiro atoms. The van der Waals surface area contributed by atoms with Gasteiger partial charge in [-0.1, -0.05) is 42.5 Å². The molecule has 0 aliphatic carbocycles. The number of hydrogen-bond donors (Lipinski definition) is 2. The third kappa shape index (κ3) is 3.65. The minimum atomic E-state index is -0.568. The minimum Gasteiger partial charge on any atom is -0.394 e. The molecule has 0 radical (unpaired) electrons. The normalized spacial score (nSPS) is 11.9. The molecule has 104 valence electrons. The van der Waals surface area contributed by atoms with Crippen molar-refractivity contribution in [1.29, 1.82) is 0 Å². The van der Waals surface area contributed by atoms with E-state index in [-0.39, 0.29) is 12.2 Å². The van der Waals surface area contributed by atoms with E-state index < -0.39 is 17.8 Å². The number of carbonyl (C=O) groups excluding carboxylic acids is 1. The van der Waals surface area contributed by atoms with E-state index in [1.165, 1.54) is 18.2 Å². The number of benzene rings is 2. The molecule has 0 unspecified atom stereocenters. The maximum absolute atomic E-state index is 13.5. The Morgan fingerprint density at radius 3 is 2.40 bits per heavy atom. The second-order valence-corrected chi connectivity index (χ2v) is 4.52. The van der Waals surface area contributed by atoms with Crippen molar-refractivity contribution in [3.63, 3.8) is 0 Å². The summed E-state index contributed by atoms with van der Waals surface area (Å²) in [6.07, 6.45) is 0.498. The molecule has 2 rings (SSSR count). The van der Waals surface area contributed by atoms with Crippen LogP contribution in [0.2, 0.25) is 0 Å². The average Bonchev–Trinajstić information content (AvgIpc) is 2.48. The molecule has 20 heavy (non-hydrogen) atoms. The number of amides is 1. The van der Waals surface area contributed by atoms with Gasteiger partial charge in [-0.05, 0) is 24.1 Å². The van der Waals surface area contributed by atoms with E-state index in [1.54, 1.807) is 6.07 Å². The fraction of sp³-hybridized carbons (Fsp3) is 0.188. The van der Waals surface area contributed by atoms with E-state index >= 15 is 0 Å². The highest BCUT2D eigenvalue weighted by Gasteiger charge is 2.16. The Morgan fingerprint density at radius 2 is 1.75 bits per heavy atom. The fourth-order valence-corrected chi connectivity index (χ4v) is 1.97. The number of carbonyl (C=O) groups is 1. The second kappa shape index (κ2) is 6.82. The lowest BCUT2D eigenvalue weighted by Gasteiger charge is -2.16. The van der Waals surface area contributed by atoms with E-state index in [2.05, 4.69) is 5.32 Å². The lowest BCUT2D eigenvalue weighted by atomic mass is 10.1. The minimum absolute atomic E-state index is 0.0148. The van der Waals surface area contributed by atoms with E-state index in [4.69, 9.17) is 0 Å². The summed E-state index contributed by atoms with van der Waals surface area (Å²) in [6, 6.07) is 14.9. The van der Waals surface area contributed by atoms with Gasteiger partial charge in [0.15, 0.2) is 0 Å². The van der Waals surface area contributed by atoms with Gasteiger partial charge in [-0.25, -0.2) is 4.39 Å². The molecule has 0 aliphatic heterocycles. The summed E-state index contributed by atoms with van der Waals surface area (Å²) in [4.78, 5) is 12.0. The number of nitrogens with one attached hydrogen (secondary N) is 1. The molecule has 1 atom stereocenters. The highest BCUT2D eigenvalue weighted by molar-refractivity contribution is 5.94. The van der Waals surface area contributed by atoms with Gasteiger partial charge in [0.05, 0.1) is 18.2 Å². The predicted molar refractivity (Wildman–Crippen MR) is 74.9 cm³/mol. The molecule has 4 heteroatoms. The zero-order valence-corrected chi connectivity index (χ0v) is 10.9. The molecule has 0 aromatic heterocycles. The Balaban J connectivity index is 2.03. The van der Waals surface area contributed by atoms with Crippen LogP contribution in [0.4, 0.5) is 4.39 Å². The molecular weight excluding hydrogens is 257 g/mol. The van der Waals surface area contributed by atoms with Crippen molar-refractivity contribution < 1.29 is 14.3 Å². The Morgan fingerprint density at radius 1 is 1.10 bits per heavy atom. The smallest absolute Gasteiger partial charge is 0.254 e. The number of rotatable bonds is 5. The first-order valence-corrected chi connectivity index (χ1v) is 6.41. The third-order valence-corrected chi connectivity index (χ3v) is 3.00. The van der Waals surface area contributed by atoms with Crippen molar-refractivity contribution in [1.82, 2.24) is 5.32 Å². The van der Waals surface area contributed by atoms with Crippen LogP contribution in [0.15, 0.2) is 54.6 Å². The molecule has 0 saturated heterocycles. The zero-order chi connectivity index (χ0) is 14.4. The molecule has 2 N–H and O–H groups in total. The van der Waals surface area contributed by atoms with Gasteiger partial charge in [-0.2, -0.15) is 0 Å². The van der Waals surface area contributed by atoms with Gasteiger partial charge >= 0.3 is 0 Å². The van der Waals surface area contributed by atoms with Gasteiger partial charge in [0.25, 0.3) is 5.91 Å². The van der Waals surface area contributed by atoms with Crippen molar-refractivity contribution in [2.75, 3.05) is 6.61 Å². The van der Waals surface area contributed by atoms with Crippen LogP contribution in [0.3, 0.4) is 0 Å². The van der Waals surface area contributed by atoms with Crippen LogP contribution < -0.4 is 5.32 Å². The van der Waals surface area contributed by atoms with Crippen LogP contribution in [0.1, 0.15) is 15.9 Å². The first-order valence-electron chi connectivity index (χ1n) is 6.41. The van der Waals surface area contributed by atoms with Crippen LogP contribution in [-0.4, -0.2) is 23.7 Å². The molecule has 0 fully saturated rings. The molecular formula is C16H16FNO2. The highest BCUT2D eigenvalue weighted by Crippen LogP contribution is 2.08. The Hall–Kier alpha value is -2.20. The fourth-order valence-electron chi connectivity index (χ4n) is 1.97. The lowest BCUT2D eigenvalue weighted by Crippen LogP contribution is -2.39. The molecule has 0 heterocycles. The van der Waals surface area contributed by atoms with Crippen LogP contribution in [0, 0.1) is 5.82 Å². The van der Waals surface area contributed by atoms with Crippen molar-refractivity contribution >= 4 is 5.91 Å². The summed E-state index contributed by atoms with van der Waals surface area (Å²) in [7, 11) is 0. The monoisotopic (exact) mass is 273 g/mol.